The van der Waals surface area contributed by atoms with E-state index in [1.54, 1.807) is 0 Å². The Morgan fingerprint density at radius 3 is 2.50 bits per heavy atom. The van der Waals surface area contributed by atoms with Gasteiger partial charge in [-0.25, -0.2) is 0 Å². The highest BCUT2D eigenvalue weighted by atomic mass is 16.4. The van der Waals surface area contributed by atoms with Crippen LogP contribution in [-0.4, -0.2) is 16.2 Å². The zero-order valence-electron chi connectivity index (χ0n) is 10.8. The second-order valence-corrected chi connectivity index (χ2v) is 5.57. The molecule has 2 aromatic rings. The van der Waals surface area contributed by atoms with Gasteiger partial charge >= 0.3 is 5.97 Å². The van der Waals surface area contributed by atoms with Crippen LogP contribution in [0.25, 0.3) is 11.1 Å². The summed E-state index contributed by atoms with van der Waals surface area (Å²) in [5.41, 5.74) is 5.16. The maximum atomic E-state index is 11.6. The quantitative estimate of drug-likeness (QED) is 0.834. The van der Waals surface area contributed by atoms with Crippen molar-refractivity contribution in [1.29, 1.82) is 0 Å². The topological polar surface area (TPSA) is 57.5 Å². The van der Waals surface area contributed by atoms with Crippen LogP contribution in [0.3, 0.4) is 0 Å². The van der Waals surface area contributed by atoms with Crippen LogP contribution < -0.4 is 0 Å². The third-order valence-electron chi connectivity index (χ3n) is 4.59. The summed E-state index contributed by atoms with van der Waals surface area (Å²) in [6, 6.07) is 13.9. The van der Waals surface area contributed by atoms with E-state index >= 15 is 0 Å². The van der Waals surface area contributed by atoms with Gasteiger partial charge in [-0.2, -0.15) is 0 Å². The lowest BCUT2D eigenvalue weighted by molar-refractivity contribution is -0.143. The van der Waals surface area contributed by atoms with E-state index in [4.69, 9.17) is 0 Å². The van der Waals surface area contributed by atoms with Crippen LogP contribution in [0, 0.1) is 5.92 Å². The molecule has 3 nitrogen and oxygen atoms in total. The average molecular weight is 266 g/mol. The summed E-state index contributed by atoms with van der Waals surface area (Å²) < 4.78 is 0. The highest BCUT2D eigenvalue weighted by Gasteiger charge is 2.44. The minimum Gasteiger partial charge on any atom is -0.481 e. The predicted molar refractivity (Wildman–Crippen MR) is 74.4 cm³/mol. The molecule has 0 amide bonds. The van der Waals surface area contributed by atoms with Crippen LogP contribution in [0.15, 0.2) is 42.5 Å². The Hall–Kier alpha value is -2.13. The van der Waals surface area contributed by atoms with E-state index < -0.39 is 18.0 Å². The molecule has 20 heavy (non-hydrogen) atoms. The first-order valence-electron chi connectivity index (χ1n) is 6.81. The van der Waals surface area contributed by atoms with Gasteiger partial charge in [-0.05, 0) is 34.2 Å². The molecule has 0 spiro atoms. The zero-order valence-corrected chi connectivity index (χ0v) is 10.8. The van der Waals surface area contributed by atoms with Gasteiger partial charge in [-0.15, -0.1) is 0 Å². The molecular formula is C17H14O3. The normalized spacial score (nSPS) is 25.9. The first-order valence-corrected chi connectivity index (χ1v) is 6.81. The Kier molecular flexibility index (Phi) is 2.30. The molecule has 3 atom stereocenters. The van der Waals surface area contributed by atoms with Gasteiger partial charge in [-0.3, -0.25) is 4.79 Å². The number of carbonyl (C=O) groups is 1. The Morgan fingerprint density at radius 1 is 1.00 bits per heavy atom. The minimum atomic E-state index is -0.828. The van der Waals surface area contributed by atoms with Crippen molar-refractivity contribution in [2.75, 3.05) is 0 Å². The summed E-state index contributed by atoms with van der Waals surface area (Å²) in [5.74, 6) is -1.51. The average Bonchev–Trinajstić information content (AvgIpc) is 2.79. The van der Waals surface area contributed by atoms with E-state index in [-0.39, 0.29) is 12.3 Å². The molecule has 0 aromatic heterocycles. The number of aliphatic carboxylic acids is 1. The molecule has 0 fully saturated rings. The van der Waals surface area contributed by atoms with Crippen molar-refractivity contribution in [2.45, 2.75) is 18.4 Å². The van der Waals surface area contributed by atoms with Crippen molar-refractivity contribution < 1.29 is 15.0 Å². The molecule has 0 saturated carbocycles. The van der Waals surface area contributed by atoms with Crippen molar-refractivity contribution >= 4 is 5.97 Å². The fraction of sp³-hybridized carbons (Fsp3) is 0.235. The molecule has 0 saturated heterocycles. The minimum absolute atomic E-state index is 0.127. The number of rotatable bonds is 1. The van der Waals surface area contributed by atoms with Gasteiger partial charge < -0.3 is 10.2 Å². The summed E-state index contributed by atoms with van der Waals surface area (Å²) in [6.07, 6.45) is -0.401. The lowest BCUT2D eigenvalue weighted by Crippen LogP contribution is -2.29. The Balaban J connectivity index is 2.05. The third-order valence-corrected chi connectivity index (χ3v) is 4.59. The number of hydrogen-bond acceptors (Lipinski definition) is 2. The Labute approximate surface area is 116 Å². The lowest BCUT2D eigenvalue weighted by Gasteiger charge is -2.32. The molecule has 0 aliphatic heterocycles. The fourth-order valence-electron chi connectivity index (χ4n) is 3.79. The Morgan fingerprint density at radius 2 is 1.70 bits per heavy atom. The number of carboxylic acids is 1. The number of benzene rings is 2. The fourth-order valence-corrected chi connectivity index (χ4v) is 3.79. The SMILES string of the molecule is O=C(O)[C@@H]1C[C@H](O)c2cccc3c2[C@@H]1c1ccccc1-3. The maximum absolute atomic E-state index is 11.6. The van der Waals surface area contributed by atoms with Crippen LogP contribution in [-0.2, 0) is 4.79 Å². The van der Waals surface area contributed by atoms with E-state index in [9.17, 15) is 15.0 Å². The molecule has 2 aliphatic rings. The van der Waals surface area contributed by atoms with E-state index in [1.807, 2.05) is 42.5 Å². The smallest absolute Gasteiger partial charge is 0.307 e. The van der Waals surface area contributed by atoms with Crippen molar-refractivity contribution in [3.05, 3.63) is 59.2 Å². The van der Waals surface area contributed by atoms with Gasteiger partial charge in [0.25, 0.3) is 0 Å². The highest BCUT2D eigenvalue weighted by Crippen LogP contribution is 2.55. The second kappa shape index (κ2) is 3.93. The highest BCUT2D eigenvalue weighted by molar-refractivity contribution is 5.85. The summed E-state index contributed by atoms with van der Waals surface area (Å²) in [6.45, 7) is 0. The van der Waals surface area contributed by atoms with Crippen molar-refractivity contribution in [3.63, 3.8) is 0 Å². The number of fused-ring (bicyclic) bond motifs is 3. The standard InChI is InChI=1S/C17H14O3/c18-14-8-13(17(19)20)16-10-5-2-1-4-9(10)11-6-3-7-12(14)15(11)16/h1-7,13-14,16,18H,8H2,(H,19,20)/t13-,14+,16-/m1/s1. The van der Waals surface area contributed by atoms with Crippen LogP contribution in [0.2, 0.25) is 0 Å². The Bertz CT molecular complexity index is 720. The molecule has 0 heterocycles. The largest absolute Gasteiger partial charge is 0.481 e. The molecule has 2 aliphatic carbocycles. The molecule has 2 aromatic carbocycles. The third kappa shape index (κ3) is 1.36. The van der Waals surface area contributed by atoms with E-state index in [2.05, 4.69) is 0 Å². The first kappa shape index (κ1) is 11.7. The van der Waals surface area contributed by atoms with Gasteiger partial charge in [0.05, 0.1) is 12.0 Å². The number of aliphatic hydroxyl groups excluding tert-OH is 1. The molecule has 2 N–H and O–H groups in total. The second-order valence-electron chi connectivity index (χ2n) is 5.57. The summed E-state index contributed by atoms with van der Waals surface area (Å²) in [7, 11) is 0. The maximum Gasteiger partial charge on any atom is 0.307 e. The van der Waals surface area contributed by atoms with Crippen molar-refractivity contribution in [2.24, 2.45) is 5.92 Å². The van der Waals surface area contributed by atoms with Gasteiger partial charge in [-0.1, -0.05) is 42.5 Å². The monoisotopic (exact) mass is 266 g/mol. The van der Waals surface area contributed by atoms with Crippen LogP contribution in [0.5, 0.6) is 0 Å². The molecule has 0 radical (unpaired) electrons. The van der Waals surface area contributed by atoms with Crippen molar-refractivity contribution in [1.82, 2.24) is 0 Å². The number of aliphatic hydroxyl groups is 1. The summed E-state index contributed by atoms with van der Waals surface area (Å²) >= 11 is 0. The molecule has 0 unspecified atom stereocenters. The molecule has 0 bridgehead atoms. The number of carboxylic acid groups (broad SMARTS) is 1. The molecular weight excluding hydrogens is 252 g/mol. The zero-order chi connectivity index (χ0) is 13.9. The lowest BCUT2D eigenvalue weighted by atomic mass is 9.73. The van der Waals surface area contributed by atoms with Crippen LogP contribution in [0.4, 0.5) is 0 Å². The summed E-state index contributed by atoms with van der Waals surface area (Å²) in [5, 5.41) is 19.8. The van der Waals surface area contributed by atoms with Gasteiger partial charge in [0.2, 0.25) is 0 Å². The molecule has 3 heteroatoms. The summed E-state index contributed by atoms with van der Waals surface area (Å²) in [4.78, 5) is 11.6. The van der Waals surface area contributed by atoms with E-state index in [1.165, 1.54) is 0 Å². The predicted octanol–water partition coefficient (Wildman–Crippen LogP) is 2.94. The van der Waals surface area contributed by atoms with Crippen LogP contribution in [0.1, 0.15) is 35.1 Å². The van der Waals surface area contributed by atoms with Gasteiger partial charge in [0.15, 0.2) is 0 Å². The first-order chi connectivity index (χ1) is 9.68. The molecule has 4 rings (SSSR count). The van der Waals surface area contributed by atoms with Crippen molar-refractivity contribution in [3.8, 4) is 11.1 Å². The van der Waals surface area contributed by atoms with E-state index in [0.717, 1.165) is 27.8 Å². The van der Waals surface area contributed by atoms with Crippen LogP contribution >= 0.6 is 0 Å². The number of hydrogen-bond donors (Lipinski definition) is 2. The molecule has 100 valence electrons. The van der Waals surface area contributed by atoms with E-state index in [0.29, 0.717) is 0 Å². The van der Waals surface area contributed by atoms with Gasteiger partial charge in [0, 0.05) is 5.92 Å². The van der Waals surface area contributed by atoms with Gasteiger partial charge in [0.1, 0.15) is 0 Å².